The highest BCUT2D eigenvalue weighted by molar-refractivity contribution is 5.96. The summed E-state index contributed by atoms with van der Waals surface area (Å²) in [6, 6.07) is 5.87. The molecule has 3 nitrogen and oxygen atoms in total. The molecule has 3 heteroatoms. The van der Waals surface area contributed by atoms with Gasteiger partial charge in [0.2, 0.25) is 5.91 Å². The second kappa shape index (κ2) is 3.51. The summed E-state index contributed by atoms with van der Waals surface area (Å²) in [6.45, 7) is 0.824. The molecule has 0 saturated heterocycles. The number of nitrogens with two attached hydrogens (primary N) is 1. The van der Waals surface area contributed by atoms with E-state index in [1.54, 1.807) is 0 Å². The molecular formula is C13H16N2O. The number of benzene rings is 1. The second-order valence-corrected chi connectivity index (χ2v) is 4.83. The molecule has 0 aromatic heterocycles. The minimum atomic E-state index is 0.270. The topological polar surface area (TPSA) is 46.3 Å². The van der Waals surface area contributed by atoms with E-state index in [9.17, 15) is 4.79 Å². The largest absolute Gasteiger partial charge is 0.399 e. The lowest BCUT2D eigenvalue weighted by Crippen LogP contribution is -2.29. The first-order valence-electron chi connectivity index (χ1n) is 5.93. The molecule has 1 heterocycles. The van der Waals surface area contributed by atoms with Crippen molar-refractivity contribution in [2.45, 2.75) is 25.7 Å². The maximum atomic E-state index is 12.1. The van der Waals surface area contributed by atoms with E-state index in [2.05, 4.69) is 0 Å². The molecule has 2 N–H and O–H groups in total. The van der Waals surface area contributed by atoms with E-state index in [1.165, 1.54) is 18.4 Å². The lowest BCUT2D eigenvalue weighted by molar-refractivity contribution is -0.118. The molecule has 1 aliphatic heterocycles. The smallest absolute Gasteiger partial charge is 0.227 e. The van der Waals surface area contributed by atoms with Crippen LogP contribution in [0.5, 0.6) is 0 Å². The van der Waals surface area contributed by atoms with Crippen LogP contribution in [0, 0.1) is 5.92 Å². The summed E-state index contributed by atoms with van der Waals surface area (Å²) < 4.78 is 0. The summed E-state index contributed by atoms with van der Waals surface area (Å²) in [5.41, 5.74) is 8.79. The first-order chi connectivity index (χ1) is 7.74. The standard InChI is InChI=1S/C13H16N2O/c14-11-4-3-10-5-6-15(12(10)8-11)13(16)7-9-1-2-9/h3-4,8-9H,1-2,5-7,14H2. The van der Waals surface area contributed by atoms with Crippen LogP contribution in [0.3, 0.4) is 0 Å². The fraction of sp³-hybridized carbons (Fsp3) is 0.462. The Morgan fingerprint density at radius 2 is 2.25 bits per heavy atom. The predicted molar refractivity (Wildman–Crippen MR) is 64.3 cm³/mol. The van der Waals surface area contributed by atoms with E-state index in [4.69, 9.17) is 5.73 Å². The van der Waals surface area contributed by atoms with E-state index in [1.807, 2.05) is 23.1 Å². The molecule has 1 aromatic carbocycles. The van der Waals surface area contributed by atoms with Crippen LogP contribution in [-0.4, -0.2) is 12.5 Å². The molecule has 1 aliphatic carbocycles. The Morgan fingerprint density at radius 3 is 3.00 bits per heavy atom. The van der Waals surface area contributed by atoms with Gasteiger partial charge in [0, 0.05) is 24.3 Å². The molecule has 0 atom stereocenters. The Balaban J connectivity index is 1.83. The average Bonchev–Trinajstić information content (AvgIpc) is 2.96. The predicted octanol–water partition coefficient (Wildman–Crippen LogP) is 1.96. The molecule has 1 saturated carbocycles. The van der Waals surface area contributed by atoms with Crippen molar-refractivity contribution in [3.05, 3.63) is 23.8 Å². The van der Waals surface area contributed by atoms with E-state index >= 15 is 0 Å². The summed E-state index contributed by atoms with van der Waals surface area (Å²) in [7, 11) is 0. The van der Waals surface area contributed by atoms with Gasteiger partial charge in [-0.1, -0.05) is 6.07 Å². The number of nitrogens with zero attached hydrogens (tertiary/aromatic N) is 1. The summed E-state index contributed by atoms with van der Waals surface area (Å²) in [5, 5.41) is 0. The molecule has 16 heavy (non-hydrogen) atoms. The van der Waals surface area contributed by atoms with Crippen LogP contribution >= 0.6 is 0 Å². The van der Waals surface area contributed by atoms with Crippen molar-refractivity contribution < 1.29 is 4.79 Å². The maximum Gasteiger partial charge on any atom is 0.227 e. The SMILES string of the molecule is Nc1ccc2c(c1)N(C(=O)CC1CC1)CC2. The number of anilines is 2. The highest BCUT2D eigenvalue weighted by Crippen LogP contribution is 2.36. The number of fused-ring (bicyclic) bond motifs is 1. The Kier molecular flexibility index (Phi) is 2.13. The molecule has 0 radical (unpaired) electrons. The minimum absolute atomic E-state index is 0.270. The highest BCUT2D eigenvalue weighted by atomic mass is 16.2. The zero-order chi connectivity index (χ0) is 11.1. The van der Waals surface area contributed by atoms with Gasteiger partial charge in [-0.05, 0) is 42.9 Å². The van der Waals surface area contributed by atoms with E-state index in [0.29, 0.717) is 12.3 Å². The van der Waals surface area contributed by atoms with Crippen LogP contribution in [0.1, 0.15) is 24.8 Å². The first kappa shape index (κ1) is 9.70. The lowest BCUT2D eigenvalue weighted by Gasteiger charge is -2.17. The van der Waals surface area contributed by atoms with Gasteiger partial charge in [-0.15, -0.1) is 0 Å². The molecule has 1 amide bonds. The number of amides is 1. The van der Waals surface area contributed by atoms with Crippen LogP contribution in [0.4, 0.5) is 11.4 Å². The first-order valence-corrected chi connectivity index (χ1v) is 5.93. The van der Waals surface area contributed by atoms with Crippen molar-refractivity contribution in [2.24, 2.45) is 5.92 Å². The second-order valence-electron chi connectivity index (χ2n) is 4.83. The molecule has 1 aromatic rings. The van der Waals surface area contributed by atoms with Crippen molar-refractivity contribution in [3.8, 4) is 0 Å². The van der Waals surface area contributed by atoms with Gasteiger partial charge < -0.3 is 10.6 Å². The molecule has 1 fully saturated rings. The van der Waals surface area contributed by atoms with Gasteiger partial charge in [0.05, 0.1) is 0 Å². The van der Waals surface area contributed by atoms with Crippen molar-refractivity contribution in [1.29, 1.82) is 0 Å². The van der Waals surface area contributed by atoms with Gasteiger partial charge in [-0.25, -0.2) is 0 Å². The molecular weight excluding hydrogens is 200 g/mol. The summed E-state index contributed by atoms with van der Waals surface area (Å²) >= 11 is 0. The highest BCUT2D eigenvalue weighted by Gasteiger charge is 2.30. The third-order valence-electron chi connectivity index (χ3n) is 3.47. The lowest BCUT2D eigenvalue weighted by atomic mass is 10.1. The van der Waals surface area contributed by atoms with Crippen LogP contribution in [0.25, 0.3) is 0 Å². The molecule has 0 unspecified atom stereocenters. The Bertz CT molecular complexity index is 438. The van der Waals surface area contributed by atoms with Gasteiger partial charge >= 0.3 is 0 Å². The number of rotatable bonds is 2. The normalized spacial score (nSPS) is 18.6. The van der Waals surface area contributed by atoms with Crippen molar-refractivity contribution >= 4 is 17.3 Å². The number of hydrogen-bond donors (Lipinski definition) is 1. The summed E-state index contributed by atoms with van der Waals surface area (Å²) in [4.78, 5) is 14.0. The van der Waals surface area contributed by atoms with Gasteiger partial charge in [0.15, 0.2) is 0 Å². The Labute approximate surface area is 95.2 Å². The van der Waals surface area contributed by atoms with Gasteiger partial charge in [0.25, 0.3) is 0 Å². The van der Waals surface area contributed by atoms with Crippen molar-refractivity contribution in [3.63, 3.8) is 0 Å². The Morgan fingerprint density at radius 1 is 1.44 bits per heavy atom. The van der Waals surface area contributed by atoms with Crippen molar-refractivity contribution in [1.82, 2.24) is 0 Å². The third kappa shape index (κ3) is 1.66. The van der Waals surface area contributed by atoms with Gasteiger partial charge in [0.1, 0.15) is 0 Å². The number of carbonyl (C=O) groups is 1. The number of carbonyl (C=O) groups excluding carboxylic acids is 1. The summed E-state index contributed by atoms with van der Waals surface area (Å²) in [6.07, 6.45) is 4.13. The van der Waals surface area contributed by atoms with E-state index in [0.717, 1.165) is 24.3 Å². The van der Waals surface area contributed by atoms with E-state index < -0.39 is 0 Å². The minimum Gasteiger partial charge on any atom is -0.399 e. The zero-order valence-corrected chi connectivity index (χ0v) is 9.28. The maximum absolute atomic E-state index is 12.1. The number of nitrogen functional groups attached to an aromatic ring is 1. The molecule has 0 bridgehead atoms. The quantitative estimate of drug-likeness (QED) is 0.768. The van der Waals surface area contributed by atoms with Gasteiger partial charge in [-0.2, -0.15) is 0 Å². The average molecular weight is 216 g/mol. The molecule has 3 rings (SSSR count). The summed E-state index contributed by atoms with van der Waals surface area (Å²) in [5.74, 6) is 0.921. The monoisotopic (exact) mass is 216 g/mol. The van der Waals surface area contributed by atoms with Crippen LogP contribution in [0.2, 0.25) is 0 Å². The molecule has 84 valence electrons. The zero-order valence-electron chi connectivity index (χ0n) is 9.28. The third-order valence-corrected chi connectivity index (χ3v) is 3.47. The Hall–Kier alpha value is -1.51. The fourth-order valence-electron chi connectivity index (χ4n) is 2.33. The number of hydrogen-bond acceptors (Lipinski definition) is 2. The fourth-order valence-corrected chi connectivity index (χ4v) is 2.33. The van der Waals surface area contributed by atoms with E-state index in [-0.39, 0.29) is 5.91 Å². The molecule has 0 spiro atoms. The van der Waals surface area contributed by atoms with Crippen LogP contribution in [-0.2, 0) is 11.2 Å². The molecule has 2 aliphatic rings. The van der Waals surface area contributed by atoms with Crippen molar-refractivity contribution in [2.75, 3.05) is 17.2 Å². The van der Waals surface area contributed by atoms with Gasteiger partial charge in [-0.3, -0.25) is 4.79 Å². The van der Waals surface area contributed by atoms with Crippen LogP contribution in [0.15, 0.2) is 18.2 Å². The van der Waals surface area contributed by atoms with Crippen LogP contribution < -0.4 is 10.6 Å².